The monoisotopic (exact) mass is 598 g/mol. The molecule has 13 heteroatoms. The molecule has 41 heavy (non-hydrogen) atoms. The molecule has 0 unspecified atom stereocenters. The van der Waals surface area contributed by atoms with E-state index in [-0.39, 0.29) is 30.5 Å². The molecule has 5 rings (SSSR count). The number of amides is 2. The predicted molar refractivity (Wildman–Crippen MR) is 153 cm³/mol. The van der Waals surface area contributed by atoms with Crippen LogP contribution in [0.5, 0.6) is 5.75 Å². The van der Waals surface area contributed by atoms with Gasteiger partial charge in [-0.2, -0.15) is 0 Å². The molecule has 3 aromatic rings. The second-order valence-electron chi connectivity index (χ2n) is 9.91. The first-order valence-corrected chi connectivity index (χ1v) is 15.3. The molecule has 0 spiro atoms. The van der Waals surface area contributed by atoms with Crippen molar-refractivity contribution in [2.24, 2.45) is 0 Å². The number of fused-ring (bicyclic) bond motifs is 1. The molecule has 1 saturated heterocycles. The Morgan fingerprint density at radius 3 is 2.80 bits per heavy atom. The molecule has 2 aliphatic heterocycles. The van der Waals surface area contributed by atoms with Gasteiger partial charge >= 0.3 is 0 Å². The number of aromatic nitrogens is 2. The molecule has 2 aromatic carbocycles. The van der Waals surface area contributed by atoms with Crippen LogP contribution in [0.2, 0.25) is 5.02 Å². The average molecular weight is 599 g/mol. The first-order chi connectivity index (χ1) is 19.8. The van der Waals surface area contributed by atoms with Crippen molar-refractivity contribution in [3.05, 3.63) is 64.6 Å². The van der Waals surface area contributed by atoms with Gasteiger partial charge in [-0.3, -0.25) is 9.59 Å². The van der Waals surface area contributed by atoms with Crippen molar-refractivity contribution in [3.8, 4) is 17.0 Å². The van der Waals surface area contributed by atoms with Crippen LogP contribution < -0.4 is 20.2 Å². The average Bonchev–Trinajstić information content (AvgIpc) is 3.31. The number of anilines is 1. The number of methoxy groups -OCH3 is 1. The molecule has 0 aliphatic carbocycles. The molecule has 3 N–H and O–H groups in total. The standard InChI is InChI=1S/C28H30ClFN5O5Si/c1-16(26(37)34-41(15-36)22-11-19(30)10-21(12-22)39-2)35-14-18-4-3-17(9-23(18)27(35)38)25-24(29)13-31-28(33-25)32-20-5-7-40-8-6-20/h3-4,9-13,16,20,36H,5-8,14-15H2,1-2H3,(H,34,37)(H,31,32,33)/t16-/m1/s1. The van der Waals surface area contributed by atoms with E-state index in [9.17, 15) is 19.1 Å². The molecule has 1 fully saturated rings. The molecule has 0 saturated carbocycles. The number of halogens is 2. The number of hydrogen-bond donors (Lipinski definition) is 3. The van der Waals surface area contributed by atoms with Gasteiger partial charge in [-0.05, 0) is 48.7 Å². The van der Waals surface area contributed by atoms with Crippen molar-refractivity contribution in [2.75, 3.05) is 31.9 Å². The third-order valence-corrected chi connectivity index (χ3v) is 9.38. The smallest absolute Gasteiger partial charge is 0.255 e. The summed E-state index contributed by atoms with van der Waals surface area (Å²) < 4.78 is 24.5. The van der Waals surface area contributed by atoms with Crippen LogP contribution in [0.25, 0.3) is 11.3 Å². The molecule has 2 amide bonds. The summed E-state index contributed by atoms with van der Waals surface area (Å²) in [5.74, 6) is -0.545. The van der Waals surface area contributed by atoms with Gasteiger partial charge < -0.3 is 29.8 Å². The second kappa shape index (κ2) is 12.5. The fraction of sp³-hybridized carbons (Fsp3) is 0.357. The summed E-state index contributed by atoms with van der Waals surface area (Å²) in [6.07, 6.45) is 2.88. The molecule has 215 valence electrons. The van der Waals surface area contributed by atoms with Crippen molar-refractivity contribution in [1.29, 1.82) is 0 Å². The SMILES string of the molecule is COc1cc(F)cc([Si](CO)NC(=O)[C@@H](C)N2Cc3ccc(-c4nc(NC5CCOCC5)ncc4Cl)cc3C2=O)c1. The maximum absolute atomic E-state index is 14.0. The van der Waals surface area contributed by atoms with Crippen LogP contribution in [-0.2, 0) is 16.1 Å². The van der Waals surface area contributed by atoms with E-state index < -0.39 is 26.7 Å². The minimum Gasteiger partial charge on any atom is -0.497 e. The minimum atomic E-state index is -2.08. The number of carbonyl (C=O) groups is 2. The van der Waals surface area contributed by atoms with Gasteiger partial charge in [-0.15, -0.1) is 0 Å². The lowest BCUT2D eigenvalue weighted by Gasteiger charge is -2.25. The van der Waals surface area contributed by atoms with Crippen molar-refractivity contribution in [2.45, 2.75) is 38.4 Å². The van der Waals surface area contributed by atoms with Gasteiger partial charge in [0, 0.05) is 43.0 Å². The maximum Gasteiger partial charge on any atom is 0.255 e. The van der Waals surface area contributed by atoms with E-state index in [2.05, 4.69) is 20.3 Å². The highest BCUT2D eigenvalue weighted by atomic mass is 35.5. The Morgan fingerprint density at radius 2 is 2.07 bits per heavy atom. The molecule has 3 heterocycles. The van der Waals surface area contributed by atoms with Crippen LogP contribution in [0, 0.1) is 5.82 Å². The normalized spacial score (nSPS) is 16.0. The van der Waals surface area contributed by atoms with E-state index in [1.165, 1.54) is 30.3 Å². The van der Waals surface area contributed by atoms with Crippen LogP contribution in [0.1, 0.15) is 35.7 Å². The number of nitrogens with one attached hydrogen (secondary N) is 2. The van der Waals surface area contributed by atoms with E-state index in [0.29, 0.717) is 46.2 Å². The molecule has 1 aromatic heterocycles. The van der Waals surface area contributed by atoms with Crippen molar-refractivity contribution in [3.63, 3.8) is 0 Å². The second-order valence-corrected chi connectivity index (χ2v) is 12.4. The lowest BCUT2D eigenvalue weighted by atomic mass is 10.0. The van der Waals surface area contributed by atoms with Crippen LogP contribution in [-0.4, -0.2) is 79.4 Å². The van der Waals surface area contributed by atoms with E-state index in [1.807, 2.05) is 12.1 Å². The largest absolute Gasteiger partial charge is 0.497 e. The lowest BCUT2D eigenvalue weighted by molar-refractivity contribution is -0.123. The number of aliphatic hydroxyl groups is 1. The first kappa shape index (κ1) is 28.9. The van der Waals surface area contributed by atoms with Gasteiger partial charge in [0.25, 0.3) is 5.91 Å². The highest BCUT2D eigenvalue weighted by Crippen LogP contribution is 2.32. The fourth-order valence-electron chi connectivity index (χ4n) is 4.90. The van der Waals surface area contributed by atoms with Crippen molar-refractivity contribution < 1.29 is 28.6 Å². The van der Waals surface area contributed by atoms with Crippen LogP contribution in [0.3, 0.4) is 0 Å². The van der Waals surface area contributed by atoms with Crippen LogP contribution >= 0.6 is 11.6 Å². The Morgan fingerprint density at radius 1 is 1.29 bits per heavy atom. The zero-order valence-electron chi connectivity index (χ0n) is 22.6. The summed E-state index contributed by atoms with van der Waals surface area (Å²) in [6.45, 7) is 3.23. The number of nitrogens with zero attached hydrogens (tertiary/aromatic N) is 3. The highest BCUT2D eigenvalue weighted by Gasteiger charge is 2.35. The number of benzene rings is 2. The van der Waals surface area contributed by atoms with Gasteiger partial charge in [0.05, 0.1) is 30.3 Å². The Balaban J connectivity index is 1.31. The van der Waals surface area contributed by atoms with Crippen LogP contribution in [0.4, 0.5) is 10.3 Å². The Bertz CT molecular complexity index is 1460. The summed E-state index contributed by atoms with van der Waals surface area (Å²) in [5, 5.41) is 14.1. The quantitative estimate of drug-likeness (QED) is 0.321. The number of aliphatic hydroxyl groups excluding tert-OH is 1. The summed E-state index contributed by atoms with van der Waals surface area (Å²) >= 11 is 6.45. The van der Waals surface area contributed by atoms with Crippen molar-refractivity contribution in [1.82, 2.24) is 19.9 Å². The van der Waals surface area contributed by atoms with Crippen molar-refractivity contribution >= 4 is 43.5 Å². The minimum absolute atomic E-state index is 0.205. The number of carbonyl (C=O) groups excluding carboxylic acids is 2. The summed E-state index contributed by atoms with van der Waals surface area (Å²) in [4.78, 5) is 39.8. The van der Waals surface area contributed by atoms with Gasteiger partial charge in [0.1, 0.15) is 17.6 Å². The Labute approximate surface area is 243 Å². The number of rotatable bonds is 9. The molecule has 1 atom stereocenters. The summed E-state index contributed by atoms with van der Waals surface area (Å²) in [6, 6.07) is 8.85. The van der Waals surface area contributed by atoms with Gasteiger partial charge in [-0.1, -0.05) is 23.7 Å². The fourth-order valence-corrected chi connectivity index (χ4v) is 6.64. The van der Waals surface area contributed by atoms with E-state index in [0.717, 1.165) is 18.4 Å². The zero-order chi connectivity index (χ0) is 29.1. The topological polar surface area (TPSA) is 126 Å². The zero-order valence-corrected chi connectivity index (χ0v) is 24.4. The number of ether oxygens (including phenoxy) is 2. The third kappa shape index (κ3) is 6.35. The molecular weight excluding hydrogens is 569 g/mol. The molecule has 0 bridgehead atoms. The third-order valence-electron chi connectivity index (χ3n) is 7.25. The molecule has 1 radical (unpaired) electrons. The van der Waals surface area contributed by atoms with E-state index in [1.54, 1.807) is 19.1 Å². The van der Waals surface area contributed by atoms with Gasteiger partial charge in [0.15, 0.2) is 0 Å². The maximum atomic E-state index is 14.0. The summed E-state index contributed by atoms with van der Waals surface area (Å²) in [7, 11) is -0.666. The Kier molecular flexibility index (Phi) is 8.83. The first-order valence-electron chi connectivity index (χ1n) is 13.2. The molecular formula is C28H30ClFN5O5Si. The van der Waals surface area contributed by atoms with E-state index >= 15 is 0 Å². The highest BCUT2D eigenvalue weighted by molar-refractivity contribution is 6.73. The summed E-state index contributed by atoms with van der Waals surface area (Å²) in [5.41, 5.74) is 2.38. The Hall–Kier alpha value is -3.58. The van der Waals surface area contributed by atoms with E-state index in [4.69, 9.17) is 21.1 Å². The molecule has 2 aliphatic rings. The molecule has 10 nitrogen and oxygen atoms in total. The predicted octanol–water partition coefficient (Wildman–Crippen LogP) is 2.43. The lowest BCUT2D eigenvalue weighted by Crippen LogP contribution is -2.56. The number of hydrogen-bond acceptors (Lipinski definition) is 8. The van der Waals surface area contributed by atoms with Crippen LogP contribution in [0.15, 0.2) is 42.6 Å². The van der Waals surface area contributed by atoms with Gasteiger partial charge in [-0.25, -0.2) is 14.4 Å². The van der Waals surface area contributed by atoms with Gasteiger partial charge in [0.2, 0.25) is 20.8 Å².